The van der Waals surface area contributed by atoms with Gasteiger partial charge in [0.2, 0.25) is 0 Å². The fourth-order valence-electron chi connectivity index (χ4n) is 2.77. The Labute approximate surface area is 156 Å². The molecule has 7 heteroatoms. The summed E-state index contributed by atoms with van der Waals surface area (Å²) >= 11 is 6.25. The lowest BCUT2D eigenvalue weighted by Gasteiger charge is -2.22. The van der Waals surface area contributed by atoms with Gasteiger partial charge in [-0.3, -0.25) is 9.69 Å². The number of aromatic nitrogens is 1. The van der Waals surface area contributed by atoms with E-state index in [0.29, 0.717) is 34.1 Å². The molecule has 1 amide bonds. The average Bonchev–Trinajstić information content (AvgIpc) is 3.25. The molecular weight excluding hydrogens is 354 g/mol. The summed E-state index contributed by atoms with van der Waals surface area (Å²) in [6, 6.07) is 10.8. The minimum atomic E-state index is -0.267. The number of aryl methyl sites for hydroxylation is 1. The van der Waals surface area contributed by atoms with Crippen LogP contribution in [0.1, 0.15) is 27.9 Å². The maximum atomic E-state index is 12.8. The van der Waals surface area contributed by atoms with E-state index in [1.807, 2.05) is 49.3 Å². The molecule has 1 N–H and O–H groups in total. The number of rotatable bonds is 6. The molecule has 0 radical (unpaired) electrons. The second-order valence-electron chi connectivity index (χ2n) is 6.15. The summed E-state index contributed by atoms with van der Waals surface area (Å²) in [5.41, 5.74) is 1.48. The Balaban J connectivity index is 1.83. The van der Waals surface area contributed by atoms with Crippen molar-refractivity contribution < 1.29 is 13.7 Å². The fraction of sp³-hybridized carbons (Fsp3) is 0.263. The van der Waals surface area contributed by atoms with Crippen molar-refractivity contribution in [3.05, 3.63) is 64.8 Å². The molecule has 0 spiro atoms. The van der Waals surface area contributed by atoms with E-state index in [0.717, 1.165) is 5.76 Å². The van der Waals surface area contributed by atoms with E-state index >= 15 is 0 Å². The van der Waals surface area contributed by atoms with Crippen molar-refractivity contribution in [1.29, 1.82) is 0 Å². The molecule has 26 heavy (non-hydrogen) atoms. The summed E-state index contributed by atoms with van der Waals surface area (Å²) in [6.07, 6.45) is 1.62. The molecule has 0 bridgehead atoms. The first-order chi connectivity index (χ1) is 12.5. The van der Waals surface area contributed by atoms with Crippen LogP contribution in [-0.2, 0) is 0 Å². The molecule has 136 valence electrons. The van der Waals surface area contributed by atoms with Crippen LogP contribution in [0.3, 0.4) is 0 Å². The minimum Gasteiger partial charge on any atom is -0.468 e. The van der Waals surface area contributed by atoms with E-state index in [9.17, 15) is 4.79 Å². The number of carbonyl (C=O) groups excluding carboxylic acids is 1. The monoisotopic (exact) mass is 373 g/mol. The number of nitrogens with one attached hydrogen (secondary N) is 1. The number of halogens is 1. The molecule has 1 atom stereocenters. The number of amides is 1. The molecule has 0 saturated heterocycles. The molecule has 0 fully saturated rings. The van der Waals surface area contributed by atoms with Crippen molar-refractivity contribution in [2.75, 3.05) is 20.6 Å². The SMILES string of the molecule is Cc1onc(-c2ccccc2Cl)c1C(=O)NCC(c1ccco1)N(C)C. The zero-order chi connectivity index (χ0) is 18.7. The Hall–Kier alpha value is -2.57. The van der Waals surface area contributed by atoms with Gasteiger partial charge in [0.25, 0.3) is 5.91 Å². The Morgan fingerprint density at radius 1 is 1.27 bits per heavy atom. The second kappa shape index (κ2) is 7.76. The standard InChI is InChI=1S/C19H20ClN3O3/c1-12-17(18(22-26-12)13-7-4-5-8-14(13)20)19(24)21-11-15(23(2)3)16-9-6-10-25-16/h4-10,15H,11H2,1-3H3,(H,21,24). The molecule has 0 saturated carbocycles. The molecule has 2 heterocycles. The van der Waals surface area contributed by atoms with Crippen LogP contribution in [0.5, 0.6) is 0 Å². The lowest BCUT2D eigenvalue weighted by molar-refractivity contribution is 0.0938. The van der Waals surface area contributed by atoms with E-state index in [1.54, 1.807) is 19.3 Å². The third-order valence-corrected chi connectivity index (χ3v) is 4.50. The topological polar surface area (TPSA) is 71.5 Å². The molecule has 0 aliphatic carbocycles. The van der Waals surface area contributed by atoms with E-state index < -0.39 is 0 Å². The highest BCUT2D eigenvalue weighted by atomic mass is 35.5. The number of benzene rings is 1. The summed E-state index contributed by atoms with van der Waals surface area (Å²) in [5.74, 6) is 0.956. The predicted octanol–water partition coefficient (Wildman–Crippen LogP) is 3.93. The molecule has 6 nitrogen and oxygen atoms in total. The average molecular weight is 374 g/mol. The van der Waals surface area contributed by atoms with Gasteiger partial charge in [-0.15, -0.1) is 0 Å². The van der Waals surface area contributed by atoms with Crippen LogP contribution >= 0.6 is 11.6 Å². The van der Waals surface area contributed by atoms with Crippen LogP contribution in [0.4, 0.5) is 0 Å². The molecular formula is C19H20ClN3O3. The predicted molar refractivity (Wildman–Crippen MR) is 99.2 cm³/mol. The summed E-state index contributed by atoms with van der Waals surface area (Å²) in [4.78, 5) is 14.8. The van der Waals surface area contributed by atoms with Gasteiger partial charge in [0.05, 0.1) is 17.3 Å². The molecule has 1 unspecified atom stereocenters. The lowest BCUT2D eigenvalue weighted by atomic mass is 10.1. The highest BCUT2D eigenvalue weighted by Crippen LogP contribution is 2.31. The van der Waals surface area contributed by atoms with Gasteiger partial charge in [-0.25, -0.2) is 0 Å². The molecule has 0 aliphatic heterocycles. The summed E-state index contributed by atoms with van der Waals surface area (Å²) < 4.78 is 10.7. The van der Waals surface area contributed by atoms with Crippen molar-refractivity contribution in [3.63, 3.8) is 0 Å². The Kier molecular flexibility index (Phi) is 5.44. The normalized spacial score (nSPS) is 12.3. The van der Waals surface area contributed by atoms with Crippen LogP contribution in [0.15, 0.2) is 51.6 Å². The number of carbonyl (C=O) groups is 1. The zero-order valence-corrected chi connectivity index (χ0v) is 15.6. The maximum Gasteiger partial charge on any atom is 0.257 e. The molecule has 2 aromatic heterocycles. The number of hydrogen-bond acceptors (Lipinski definition) is 5. The first-order valence-electron chi connectivity index (χ1n) is 8.18. The molecule has 3 rings (SSSR count). The van der Waals surface area contributed by atoms with Gasteiger partial charge in [0.1, 0.15) is 22.8 Å². The van der Waals surface area contributed by atoms with Crippen molar-refractivity contribution in [2.45, 2.75) is 13.0 Å². The first-order valence-corrected chi connectivity index (χ1v) is 8.56. The van der Waals surface area contributed by atoms with E-state index in [1.165, 1.54) is 0 Å². The highest BCUT2D eigenvalue weighted by molar-refractivity contribution is 6.33. The Morgan fingerprint density at radius 3 is 2.69 bits per heavy atom. The van der Waals surface area contributed by atoms with E-state index in [-0.39, 0.29) is 11.9 Å². The van der Waals surface area contributed by atoms with Gasteiger partial charge in [0, 0.05) is 12.1 Å². The van der Waals surface area contributed by atoms with Crippen LogP contribution in [0.25, 0.3) is 11.3 Å². The van der Waals surface area contributed by atoms with Crippen molar-refractivity contribution >= 4 is 17.5 Å². The van der Waals surface area contributed by atoms with Crippen LogP contribution in [-0.4, -0.2) is 36.6 Å². The van der Waals surface area contributed by atoms with Gasteiger partial charge in [-0.05, 0) is 39.2 Å². The molecule has 0 aliphatic rings. The van der Waals surface area contributed by atoms with Gasteiger partial charge < -0.3 is 14.3 Å². The minimum absolute atomic E-state index is 0.0853. The first kappa shape index (κ1) is 18.2. The van der Waals surface area contributed by atoms with Crippen LogP contribution in [0, 0.1) is 6.92 Å². The van der Waals surface area contributed by atoms with Gasteiger partial charge in [0.15, 0.2) is 0 Å². The highest BCUT2D eigenvalue weighted by Gasteiger charge is 2.25. The molecule has 1 aromatic carbocycles. The summed E-state index contributed by atoms with van der Waals surface area (Å²) in [5, 5.41) is 7.48. The quantitative estimate of drug-likeness (QED) is 0.708. The Morgan fingerprint density at radius 2 is 2.04 bits per heavy atom. The Bertz CT molecular complexity index is 887. The summed E-state index contributed by atoms with van der Waals surface area (Å²) in [6.45, 7) is 2.09. The second-order valence-corrected chi connectivity index (χ2v) is 6.55. The van der Waals surface area contributed by atoms with Crippen LogP contribution in [0.2, 0.25) is 5.02 Å². The van der Waals surface area contributed by atoms with Gasteiger partial charge in [-0.1, -0.05) is 35.0 Å². The number of furan rings is 1. The van der Waals surface area contributed by atoms with Crippen LogP contribution < -0.4 is 5.32 Å². The van der Waals surface area contributed by atoms with Crippen molar-refractivity contribution in [2.24, 2.45) is 0 Å². The largest absolute Gasteiger partial charge is 0.468 e. The van der Waals surface area contributed by atoms with Gasteiger partial charge in [-0.2, -0.15) is 0 Å². The zero-order valence-electron chi connectivity index (χ0n) is 14.8. The van der Waals surface area contributed by atoms with E-state index in [2.05, 4.69) is 10.5 Å². The molecule has 3 aromatic rings. The third kappa shape index (κ3) is 3.66. The lowest BCUT2D eigenvalue weighted by Crippen LogP contribution is -2.34. The number of hydrogen-bond donors (Lipinski definition) is 1. The van der Waals surface area contributed by atoms with Crippen molar-refractivity contribution in [1.82, 2.24) is 15.4 Å². The number of likely N-dealkylation sites (N-methyl/N-ethyl adjacent to an activating group) is 1. The smallest absolute Gasteiger partial charge is 0.257 e. The third-order valence-electron chi connectivity index (χ3n) is 4.17. The van der Waals surface area contributed by atoms with Crippen molar-refractivity contribution in [3.8, 4) is 11.3 Å². The number of nitrogens with zero attached hydrogens (tertiary/aromatic N) is 2. The summed E-state index contributed by atoms with van der Waals surface area (Å²) in [7, 11) is 3.86. The van der Waals surface area contributed by atoms with Gasteiger partial charge >= 0.3 is 0 Å². The maximum absolute atomic E-state index is 12.8. The fourth-order valence-corrected chi connectivity index (χ4v) is 3.00. The van der Waals surface area contributed by atoms with E-state index in [4.69, 9.17) is 20.5 Å².